The number of nitrogen functional groups attached to an aromatic ring is 1. The zero-order valence-electron chi connectivity index (χ0n) is 17.1. The molecule has 5 rings (SSSR count). The van der Waals surface area contributed by atoms with E-state index in [1.807, 2.05) is 18.2 Å². The summed E-state index contributed by atoms with van der Waals surface area (Å²) in [5, 5.41) is 37.9. The largest absolute Gasteiger partial charge is 0.547 e. The van der Waals surface area contributed by atoms with Gasteiger partial charge < -0.3 is 25.8 Å². The topological polar surface area (TPSA) is 181 Å². The summed E-state index contributed by atoms with van der Waals surface area (Å²) in [4.78, 5) is 23.9. The first-order chi connectivity index (χ1) is 15.9. The highest BCUT2D eigenvalue weighted by atomic mass is 16.5. The number of nitrogens with two attached hydrogens (primary N) is 1. The Bertz CT molecular complexity index is 1380. The van der Waals surface area contributed by atoms with Crippen LogP contribution in [0, 0.1) is 0 Å². The molecule has 1 amide bonds. The summed E-state index contributed by atoms with van der Waals surface area (Å²) in [6, 6.07) is 10.2. The van der Waals surface area contributed by atoms with Gasteiger partial charge in [0.15, 0.2) is 5.82 Å². The minimum absolute atomic E-state index is 0.0400. The van der Waals surface area contributed by atoms with Gasteiger partial charge in [0.2, 0.25) is 5.91 Å². The molecule has 12 nitrogen and oxygen atoms in total. The number of benzene rings is 2. The molecule has 13 heteroatoms. The van der Waals surface area contributed by atoms with E-state index in [1.54, 1.807) is 18.3 Å². The predicted octanol–water partition coefficient (Wildman–Crippen LogP) is 0.241. The molecule has 1 atom stereocenters. The number of hydrogen-bond donors (Lipinski definition) is 5. The maximum atomic E-state index is 12.6. The van der Waals surface area contributed by atoms with Crippen molar-refractivity contribution in [3.05, 3.63) is 53.7 Å². The average molecular weight is 447 g/mol. The Morgan fingerprint density at radius 3 is 3.00 bits per heavy atom. The van der Waals surface area contributed by atoms with E-state index < -0.39 is 24.9 Å². The van der Waals surface area contributed by atoms with E-state index >= 15 is 0 Å². The summed E-state index contributed by atoms with van der Waals surface area (Å²) in [7, 11) is -1.39. The maximum absolute atomic E-state index is 12.6. The normalized spacial score (nSPS) is 15.2. The van der Waals surface area contributed by atoms with Crippen LogP contribution in [0.5, 0.6) is 5.75 Å². The van der Waals surface area contributed by atoms with Gasteiger partial charge in [-0.2, -0.15) is 5.10 Å². The molecule has 6 N–H and O–H groups in total. The fourth-order valence-corrected chi connectivity index (χ4v) is 3.82. The highest BCUT2D eigenvalue weighted by molar-refractivity contribution is 6.47. The molecule has 2 aromatic heterocycles. The number of rotatable bonds is 5. The number of aromatic amines is 1. The van der Waals surface area contributed by atoms with Gasteiger partial charge in [-0.15, -0.1) is 5.10 Å². The molecule has 1 unspecified atom stereocenters. The van der Waals surface area contributed by atoms with Crippen LogP contribution in [0.15, 0.2) is 42.6 Å². The monoisotopic (exact) mass is 447 g/mol. The van der Waals surface area contributed by atoms with E-state index in [0.29, 0.717) is 17.1 Å². The Morgan fingerprint density at radius 1 is 1.33 bits per heavy atom. The van der Waals surface area contributed by atoms with Gasteiger partial charge in [0.1, 0.15) is 18.0 Å². The molecule has 4 aromatic rings. The third-order valence-electron chi connectivity index (χ3n) is 5.43. The smallest absolute Gasteiger partial charge is 0.534 e. The van der Waals surface area contributed by atoms with E-state index in [2.05, 4.69) is 25.8 Å². The van der Waals surface area contributed by atoms with Crippen LogP contribution >= 0.6 is 0 Å². The van der Waals surface area contributed by atoms with Crippen molar-refractivity contribution in [1.29, 1.82) is 0 Å². The molecular formula is C20H18BN7O5. The number of hydrogen-bond acceptors (Lipinski definition) is 8. The lowest BCUT2D eigenvalue weighted by molar-refractivity contribution is -0.122. The van der Waals surface area contributed by atoms with Crippen molar-refractivity contribution in [2.45, 2.75) is 18.9 Å². The number of nitrogens with one attached hydrogen (secondary N) is 2. The number of aromatic carboxylic acids is 1. The second-order valence-electron chi connectivity index (χ2n) is 7.66. The Kier molecular flexibility index (Phi) is 4.94. The van der Waals surface area contributed by atoms with Crippen LogP contribution in [0.2, 0.25) is 0 Å². The van der Waals surface area contributed by atoms with Crippen molar-refractivity contribution < 1.29 is 24.4 Å². The zero-order chi connectivity index (χ0) is 23.1. The van der Waals surface area contributed by atoms with E-state index in [1.165, 1.54) is 10.7 Å². The molecule has 166 valence electrons. The van der Waals surface area contributed by atoms with Crippen LogP contribution in [0.4, 0.5) is 5.82 Å². The SMILES string of the molecule is Nc1n[nH]c2ccc(-c3cn(CC(=O)NC4Cc5cccc(C(=O)O)c5OB4O)nn3)cc12. The van der Waals surface area contributed by atoms with Gasteiger partial charge >= 0.3 is 13.1 Å². The van der Waals surface area contributed by atoms with Gasteiger partial charge in [0, 0.05) is 10.9 Å². The number of carboxylic acid groups (broad SMARTS) is 1. The standard InChI is InChI=1S/C20H18BN7O5/c22-19-13-6-10(4-5-14(13)24-26-19)15-8-28(27-25-15)9-17(29)23-16-7-11-2-1-3-12(20(30)31)18(11)33-21(16)32/h1-6,8,16,32H,7,9H2,(H,23,29)(H,30,31)(H3,22,24,26). The van der Waals surface area contributed by atoms with Crippen molar-refractivity contribution in [3.8, 4) is 17.0 Å². The summed E-state index contributed by atoms with van der Waals surface area (Å²) in [5.41, 5.74) is 8.52. The molecule has 0 saturated heterocycles. The number of anilines is 1. The second kappa shape index (κ2) is 7.95. The van der Waals surface area contributed by atoms with Crippen molar-refractivity contribution >= 4 is 35.7 Å². The number of nitrogens with zero attached hydrogens (tertiary/aromatic N) is 4. The van der Waals surface area contributed by atoms with E-state index in [0.717, 1.165) is 16.5 Å². The first kappa shape index (κ1) is 20.5. The van der Waals surface area contributed by atoms with Crippen LogP contribution in [0.1, 0.15) is 15.9 Å². The third-order valence-corrected chi connectivity index (χ3v) is 5.43. The van der Waals surface area contributed by atoms with Gasteiger partial charge in [-0.3, -0.25) is 9.89 Å². The second-order valence-corrected chi connectivity index (χ2v) is 7.66. The Labute approximate surface area is 186 Å². The number of para-hydroxylation sites is 1. The van der Waals surface area contributed by atoms with Crippen molar-refractivity contribution in [3.63, 3.8) is 0 Å². The summed E-state index contributed by atoms with van der Waals surface area (Å²) >= 11 is 0. The number of H-pyrrole nitrogens is 1. The Hall–Kier alpha value is -4.39. The molecule has 0 radical (unpaired) electrons. The predicted molar refractivity (Wildman–Crippen MR) is 117 cm³/mol. The molecule has 2 aromatic carbocycles. The Balaban J connectivity index is 1.27. The van der Waals surface area contributed by atoms with Crippen LogP contribution in [-0.4, -0.2) is 60.3 Å². The van der Waals surface area contributed by atoms with Gasteiger partial charge in [0.25, 0.3) is 0 Å². The number of carbonyl (C=O) groups excluding carboxylic acids is 1. The van der Waals surface area contributed by atoms with Gasteiger partial charge in [-0.25, -0.2) is 9.48 Å². The third kappa shape index (κ3) is 3.85. The fourth-order valence-electron chi connectivity index (χ4n) is 3.82. The van der Waals surface area contributed by atoms with Crippen molar-refractivity contribution in [1.82, 2.24) is 30.5 Å². The minimum Gasteiger partial charge on any atom is -0.534 e. The van der Waals surface area contributed by atoms with E-state index in [4.69, 9.17) is 10.4 Å². The van der Waals surface area contributed by atoms with Crippen LogP contribution in [0.3, 0.4) is 0 Å². The first-order valence-corrected chi connectivity index (χ1v) is 10.0. The number of amides is 1. The van der Waals surface area contributed by atoms with Crippen LogP contribution in [-0.2, 0) is 17.8 Å². The highest BCUT2D eigenvalue weighted by Gasteiger charge is 2.37. The average Bonchev–Trinajstić information content (AvgIpc) is 3.40. The first-order valence-electron chi connectivity index (χ1n) is 10.0. The van der Waals surface area contributed by atoms with Crippen LogP contribution < -0.4 is 15.7 Å². The summed E-state index contributed by atoms with van der Waals surface area (Å²) in [5.74, 6) is -1.82. The summed E-state index contributed by atoms with van der Waals surface area (Å²) in [6.45, 7) is -0.131. The van der Waals surface area contributed by atoms with Crippen molar-refractivity contribution in [2.24, 2.45) is 0 Å². The molecule has 1 aliphatic heterocycles. The quantitative estimate of drug-likeness (QED) is 0.268. The lowest BCUT2D eigenvalue weighted by Gasteiger charge is -2.28. The summed E-state index contributed by atoms with van der Waals surface area (Å²) in [6.07, 6.45) is 1.84. The lowest BCUT2D eigenvalue weighted by Crippen LogP contribution is -2.53. The van der Waals surface area contributed by atoms with Crippen LogP contribution in [0.25, 0.3) is 22.2 Å². The number of carboxylic acids is 1. The van der Waals surface area contributed by atoms with E-state index in [9.17, 15) is 19.7 Å². The number of carbonyl (C=O) groups is 2. The molecule has 0 aliphatic carbocycles. The van der Waals surface area contributed by atoms with Gasteiger partial charge in [0.05, 0.1) is 23.2 Å². The zero-order valence-corrected chi connectivity index (χ0v) is 17.1. The number of aromatic nitrogens is 5. The Morgan fingerprint density at radius 2 is 2.18 bits per heavy atom. The summed E-state index contributed by atoms with van der Waals surface area (Å²) < 4.78 is 6.77. The molecule has 0 bridgehead atoms. The molecule has 0 fully saturated rings. The molecule has 33 heavy (non-hydrogen) atoms. The maximum Gasteiger partial charge on any atom is 0.547 e. The number of fused-ring (bicyclic) bond motifs is 2. The highest BCUT2D eigenvalue weighted by Crippen LogP contribution is 2.30. The molecular weight excluding hydrogens is 429 g/mol. The van der Waals surface area contributed by atoms with E-state index in [-0.39, 0.29) is 24.3 Å². The molecule has 0 saturated carbocycles. The minimum atomic E-state index is -1.39. The lowest BCUT2D eigenvalue weighted by atomic mass is 9.72. The molecule has 1 aliphatic rings. The van der Waals surface area contributed by atoms with Gasteiger partial charge in [-0.05, 0) is 30.2 Å². The van der Waals surface area contributed by atoms with Crippen molar-refractivity contribution in [2.75, 3.05) is 5.73 Å². The molecule has 3 heterocycles. The molecule has 0 spiro atoms. The fraction of sp³-hybridized carbons (Fsp3) is 0.150. The van der Waals surface area contributed by atoms with Gasteiger partial charge in [-0.1, -0.05) is 23.4 Å².